The molecule has 3 aliphatic rings. The summed E-state index contributed by atoms with van der Waals surface area (Å²) in [7, 11) is 0. The summed E-state index contributed by atoms with van der Waals surface area (Å²) in [5, 5.41) is 0. The molecule has 0 aromatic heterocycles. The summed E-state index contributed by atoms with van der Waals surface area (Å²) in [5.41, 5.74) is 2.80. The molecule has 0 unspecified atom stereocenters. The molecular weight excluding hydrogens is 300 g/mol. The van der Waals surface area contributed by atoms with E-state index in [0.717, 1.165) is 58.3 Å². The zero-order valence-electron chi connectivity index (χ0n) is 14.2. The monoisotopic (exact) mass is 326 g/mol. The predicted octanol–water partition coefficient (Wildman–Crippen LogP) is 3.30. The highest BCUT2D eigenvalue weighted by Gasteiger charge is 2.31. The van der Waals surface area contributed by atoms with Crippen LogP contribution in [0.4, 0.5) is 5.69 Å². The number of hydrogen-bond donors (Lipinski definition) is 0. The Hall–Kier alpha value is -1.97. The SMILES string of the molecule is O=C1CCCN1CC[C@H]1CN(C[C@@H]2CCC=CO2)c2ccccc21. The first-order chi connectivity index (χ1) is 11.8. The molecule has 1 aromatic rings. The summed E-state index contributed by atoms with van der Waals surface area (Å²) in [6.07, 6.45) is 9.28. The molecule has 0 radical (unpaired) electrons. The second kappa shape index (κ2) is 6.88. The van der Waals surface area contributed by atoms with Crippen LogP contribution < -0.4 is 4.90 Å². The molecule has 3 aliphatic heterocycles. The summed E-state index contributed by atoms with van der Waals surface area (Å²) in [6, 6.07) is 8.75. The Morgan fingerprint density at radius 3 is 2.92 bits per heavy atom. The maximum atomic E-state index is 11.8. The number of amides is 1. The van der Waals surface area contributed by atoms with E-state index >= 15 is 0 Å². The molecule has 4 rings (SSSR count). The molecule has 0 spiro atoms. The van der Waals surface area contributed by atoms with Crippen molar-refractivity contribution in [2.24, 2.45) is 0 Å². The Labute approximate surface area is 144 Å². The highest BCUT2D eigenvalue weighted by molar-refractivity contribution is 5.78. The standard InChI is InChI=1S/C20H26N2O2/c23-20-9-5-11-21(20)12-10-16-14-22(15-17-6-3-4-13-24-17)19-8-2-1-7-18(16)19/h1-2,4,7-8,13,16-17H,3,5-6,9-12,14-15H2/t16-,17-/m0/s1. The number of anilines is 1. The zero-order valence-corrected chi connectivity index (χ0v) is 14.2. The van der Waals surface area contributed by atoms with Crippen molar-refractivity contribution in [2.75, 3.05) is 31.1 Å². The average molecular weight is 326 g/mol. The Morgan fingerprint density at radius 2 is 2.12 bits per heavy atom. The van der Waals surface area contributed by atoms with Crippen molar-refractivity contribution >= 4 is 11.6 Å². The number of likely N-dealkylation sites (tertiary alicyclic amines) is 1. The van der Waals surface area contributed by atoms with Gasteiger partial charge in [-0.2, -0.15) is 0 Å². The van der Waals surface area contributed by atoms with Crippen LogP contribution in [0.25, 0.3) is 0 Å². The van der Waals surface area contributed by atoms with E-state index < -0.39 is 0 Å². The fourth-order valence-corrected chi connectivity index (χ4v) is 4.22. The molecule has 24 heavy (non-hydrogen) atoms. The van der Waals surface area contributed by atoms with Crippen LogP contribution in [0.5, 0.6) is 0 Å². The maximum Gasteiger partial charge on any atom is 0.222 e. The Balaban J connectivity index is 1.42. The smallest absolute Gasteiger partial charge is 0.222 e. The second-order valence-electron chi connectivity index (χ2n) is 7.14. The first kappa shape index (κ1) is 15.6. The molecule has 4 nitrogen and oxygen atoms in total. The lowest BCUT2D eigenvalue weighted by Crippen LogP contribution is -2.34. The molecule has 4 heteroatoms. The van der Waals surface area contributed by atoms with Gasteiger partial charge in [0.05, 0.1) is 12.8 Å². The normalized spacial score (nSPS) is 25.9. The van der Waals surface area contributed by atoms with E-state index in [9.17, 15) is 4.79 Å². The highest BCUT2D eigenvalue weighted by Crippen LogP contribution is 2.38. The summed E-state index contributed by atoms with van der Waals surface area (Å²) >= 11 is 0. The minimum atomic E-state index is 0.293. The molecule has 1 amide bonds. The Morgan fingerprint density at radius 1 is 1.21 bits per heavy atom. The van der Waals surface area contributed by atoms with Crippen LogP contribution >= 0.6 is 0 Å². The lowest BCUT2D eigenvalue weighted by molar-refractivity contribution is -0.127. The van der Waals surface area contributed by atoms with Gasteiger partial charge < -0.3 is 14.5 Å². The van der Waals surface area contributed by atoms with Crippen LogP contribution in [0.3, 0.4) is 0 Å². The van der Waals surface area contributed by atoms with Crippen LogP contribution in [0, 0.1) is 0 Å². The zero-order chi connectivity index (χ0) is 16.4. The number of carbonyl (C=O) groups is 1. The summed E-state index contributed by atoms with van der Waals surface area (Å²) < 4.78 is 5.77. The van der Waals surface area contributed by atoms with Gasteiger partial charge in [0.1, 0.15) is 6.10 Å². The third-order valence-corrected chi connectivity index (χ3v) is 5.52. The third-order valence-electron chi connectivity index (χ3n) is 5.52. The predicted molar refractivity (Wildman–Crippen MR) is 95.1 cm³/mol. The van der Waals surface area contributed by atoms with E-state index in [4.69, 9.17) is 4.74 Å². The van der Waals surface area contributed by atoms with Gasteiger partial charge in [-0.15, -0.1) is 0 Å². The van der Waals surface area contributed by atoms with E-state index in [0.29, 0.717) is 17.9 Å². The minimum Gasteiger partial charge on any atom is -0.497 e. The highest BCUT2D eigenvalue weighted by atomic mass is 16.5. The number of fused-ring (bicyclic) bond motifs is 1. The first-order valence-electron chi connectivity index (χ1n) is 9.23. The Bertz CT molecular complexity index is 628. The van der Waals surface area contributed by atoms with Crippen molar-refractivity contribution in [3.05, 3.63) is 42.2 Å². The number of benzene rings is 1. The van der Waals surface area contributed by atoms with Crippen LogP contribution in [0.1, 0.15) is 43.6 Å². The van der Waals surface area contributed by atoms with Crippen LogP contribution in [-0.2, 0) is 9.53 Å². The van der Waals surface area contributed by atoms with Gasteiger partial charge in [-0.05, 0) is 43.4 Å². The van der Waals surface area contributed by atoms with Gasteiger partial charge in [-0.25, -0.2) is 0 Å². The van der Waals surface area contributed by atoms with Crippen molar-refractivity contribution in [1.29, 1.82) is 0 Å². The third kappa shape index (κ3) is 3.14. The topological polar surface area (TPSA) is 32.8 Å². The summed E-state index contributed by atoms with van der Waals surface area (Å²) in [5.74, 6) is 0.856. The van der Waals surface area contributed by atoms with Crippen LogP contribution in [0.2, 0.25) is 0 Å². The lowest BCUT2D eigenvalue weighted by atomic mass is 9.98. The number of para-hydroxylation sites is 1. The van der Waals surface area contributed by atoms with Gasteiger partial charge in [0.2, 0.25) is 5.91 Å². The molecule has 3 heterocycles. The molecule has 0 aliphatic carbocycles. The second-order valence-corrected chi connectivity index (χ2v) is 7.14. The van der Waals surface area contributed by atoms with Gasteiger partial charge in [-0.1, -0.05) is 18.2 Å². The molecule has 0 saturated carbocycles. The molecule has 0 N–H and O–H groups in total. The van der Waals surface area contributed by atoms with E-state index in [1.54, 1.807) is 0 Å². The van der Waals surface area contributed by atoms with E-state index in [-0.39, 0.29) is 0 Å². The van der Waals surface area contributed by atoms with Gasteiger partial charge in [0.15, 0.2) is 0 Å². The summed E-state index contributed by atoms with van der Waals surface area (Å²) in [4.78, 5) is 16.4. The molecule has 1 fully saturated rings. The van der Waals surface area contributed by atoms with Crippen molar-refractivity contribution in [2.45, 2.75) is 44.1 Å². The quantitative estimate of drug-likeness (QED) is 0.832. The van der Waals surface area contributed by atoms with Crippen molar-refractivity contribution in [3.63, 3.8) is 0 Å². The van der Waals surface area contributed by atoms with Gasteiger partial charge in [0, 0.05) is 37.7 Å². The van der Waals surface area contributed by atoms with Gasteiger partial charge in [0.25, 0.3) is 0 Å². The largest absolute Gasteiger partial charge is 0.497 e. The fourth-order valence-electron chi connectivity index (χ4n) is 4.22. The number of allylic oxidation sites excluding steroid dienone is 1. The van der Waals surface area contributed by atoms with Crippen LogP contribution in [-0.4, -0.2) is 43.1 Å². The molecule has 0 bridgehead atoms. The fraction of sp³-hybridized carbons (Fsp3) is 0.550. The average Bonchev–Trinajstić information content (AvgIpc) is 3.18. The first-order valence-corrected chi connectivity index (χ1v) is 9.23. The van der Waals surface area contributed by atoms with E-state index in [1.807, 2.05) is 11.2 Å². The van der Waals surface area contributed by atoms with Gasteiger partial charge in [-0.3, -0.25) is 4.79 Å². The number of hydrogen-bond acceptors (Lipinski definition) is 3. The number of nitrogens with zero attached hydrogens (tertiary/aromatic N) is 2. The Kier molecular flexibility index (Phi) is 4.46. The van der Waals surface area contributed by atoms with Crippen molar-refractivity contribution in [3.8, 4) is 0 Å². The molecule has 2 atom stereocenters. The molecule has 1 aromatic carbocycles. The van der Waals surface area contributed by atoms with Crippen LogP contribution in [0.15, 0.2) is 36.6 Å². The summed E-state index contributed by atoms with van der Waals surface area (Å²) in [6.45, 7) is 3.85. The molecule has 128 valence electrons. The van der Waals surface area contributed by atoms with Crippen molar-refractivity contribution in [1.82, 2.24) is 4.90 Å². The number of carbonyl (C=O) groups excluding carboxylic acids is 1. The van der Waals surface area contributed by atoms with Gasteiger partial charge >= 0.3 is 0 Å². The van der Waals surface area contributed by atoms with Crippen molar-refractivity contribution < 1.29 is 9.53 Å². The number of rotatable bonds is 5. The number of ether oxygens (including phenoxy) is 1. The minimum absolute atomic E-state index is 0.293. The molecule has 1 saturated heterocycles. The lowest BCUT2D eigenvalue weighted by Gasteiger charge is -2.27. The van der Waals surface area contributed by atoms with E-state index in [2.05, 4.69) is 35.2 Å². The maximum absolute atomic E-state index is 11.8. The molecular formula is C20H26N2O2. The van der Waals surface area contributed by atoms with E-state index in [1.165, 1.54) is 11.3 Å².